The number of hydrogen-bond acceptors (Lipinski definition) is 2. The lowest BCUT2D eigenvalue weighted by atomic mass is 10.1. The van der Waals surface area contributed by atoms with E-state index in [1.54, 1.807) is 12.1 Å². The second-order valence-corrected chi connectivity index (χ2v) is 6.12. The molecule has 0 spiro atoms. The maximum atomic E-state index is 5.95. The second-order valence-electron chi connectivity index (χ2n) is 5.71. The Bertz CT molecular complexity index is 381. The summed E-state index contributed by atoms with van der Waals surface area (Å²) in [6.45, 7) is 3.02. The highest BCUT2D eigenvalue weighted by Crippen LogP contribution is 2.24. The maximum absolute atomic E-state index is 5.95. The SMILES string of the molecule is CCCCCCCCCCCCOc1ccc(N)c(Cl)c1. The molecule has 0 saturated carbocycles. The molecular weight excluding hydrogens is 282 g/mol. The van der Waals surface area contributed by atoms with Crippen molar-refractivity contribution in [3.63, 3.8) is 0 Å². The summed E-state index contributed by atoms with van der Waals surface area (Å²) in [5, 5.41) is 0.565. The second kappa shape index (κ2) is 11.7. The van der Waals surface area contributed by atoms with Crippen LogP contribution in [0.2, 0.25) is 5.02 Å². The first kappa shape index (κ1) is 18.2. The van der Waals surface area contributed by atoms with Crippen molar-refractivity contribution in [1.82, 2.24) is 0 Å². The van der Waals surface area contributed by atoms with Crippen molar-refractivity contribution in [1.29, 1.82) is 0 Å². The lowest BCUT2D eigenvalue weighted by Crippen LogP contribution is -1.98. The highest BCUT2D eigenvalue weighted by Gasteiger charge is 1.99. The molecule has 0 atom stereocenters. The molecule has 21 heavy (non-hydrogen) atoms. The molecule has 0 aliphatic rings. The van der Waals surface area contributed by atoms with Gasteiger partial charge in [-0.1, -0.05) is 76.3 Å². The average Bonchev–Trinajstić information content (AvgIpc) is 2.48. The molecule has 0 bridgehead atoms. The van der Waals surface area contributed by atoms with Crippen LogP contribution in [0.25, 0.3) is 0 Å². The highest BCUT2D eigenvalue weighted by molar-refractivity contribution is 6.33. The van der Waals surface area contributed by atoms with Gasteiger partial charge in [0.2, 0.25) is 0 Å². The first-order valence-corrected chi connectivity index (χ1v) is 8.79. The van der Waals surface area contributed by atoms with Gasteiger partial charge in [0.15, 0.2) is 0 Å². The number of nitrogen functional groups attached to an aromatic ring is 1. The lowest BCUT2D eigenvalue weighted by molar-refractivity contribution is 0.304. The van der Waals surface area contributed by atoms with Crippen molar-refractivity contribution >= 4 is 17.3 Å². The summed E-state index contributed by atoms with van der Waals surface area (Å²) in [7, 11) is 0. The molecule has 0 heterocycles. The molecule has 1 aromatic carbocycles. The Morgan fingerprint density at radius 3 is 2.05 bits per heavy atom. The summed E-state index contributed by atoms with van der Waals surface area (Å²) < 4.78 is 5.67. The summed E-state index contributed by atoms with van der Waals surface area (Å²) in [4.78, 5) is 0. The summed E-state index contributed by atoms with van der Waals surface area (Å²) in [6.07, 6.45) is 13.4. The van der Waals surface area contributed by atoms with Crippen LogP contribution in [0.1, 0.15) is 71.1 Å². The quantitative estimate of drug-likeness (QED) is 0.367. The Kier molecular flexibility index (Phi) is 10.1. The number of nitrogens with two attached hydrogens (primary N) is 1. The van der Waals surface area contributed by atoms with Crippen molar-refractivity contribution in [3.8, 4) is 5.75 Å². The zero-order valence-corrected chi connectivity index (χ0v) is 14.1. The van der Waals surface area contributed by atoms with Gasteiger partial charge in [-0.3, -0.25) is 0 Å². The molecule has 0 amide bonds. The fourth-order valence-corrected chi connectivity index (χ4v) is 2.55. The molecule has 2 N–H and O–H groups in total. The van der Waals surface area contributed by atoms with Gasteiger partial charge in [-0.15, -0.1) is 0 Å². The van der Waals surface area contributed by atoms with Gasteiger partial charge >= 0.3 is 0 Å². The van der Waals surface area contributed by atoms with E-state index in [0.29, 0.717) is 10.7 Å². The van der Waals surface area contributed by atoms with Gasteiger partial charge in [0.05, 0.1) is 17.3 Å². The van der Waals surface area contributed by atoms with Crippen molar-refractivity contribution in [2.45, 2.75) is 71.1 Å². The van der Waals surface area contributed by atoms with E-state index in [1.165, 1.54) is 57.8 Å². The first-order valence-electron chi connectivity index (χ1n) is 8.42. The molecule has 1 aromatic rings. The monoisotopic (exact) mass is 311 g/mol. The zero-order valence-electron chi connectivity index (χ0n) is 13.4. The molecule has 120 valence electrons. The fraction of sp³-hybridized carbons (Fsp3) is 0.667. The van der Waals surface area contributed by atoms with Gasteiger partial charge in [-0.05, 0) is 18.6 Å². The predicted octanol–water partition coefficient (Wildman–Crippen LogP) is 6.22. The van der Waals surface area contributed by atoms with Gasteiger partial charge in [0, 0.05) is 6.07 Å². The zero-order chi connectivity index (χ0) is 15.3. The van der Waals surface area contributed by atoms with E-state index in [1.807, 2.05) is 6.07 Å². The maximum Gasteiger partial charge on any atom is 0.120 e. The van der Waals surface area contributed by atoms with Crippen LogP contribution in [0.5, 0.6) is 5.75 Å². The minimum atomic E-state index is 0.565. The van der Waals surface area contributed by atoms with E-state index in [9.17, 15) is 0 Å². The highest BCUT2D eigenvalue weighted by atomic mass is 35.5. The van der Waals surface area contributed by atoms with E-state index in [2.05, 4.69) is 6.92 Å². The molecule has 3 heteroatoms. The van der Waals surface area contributed by atoms with Gasteiger partial charge in [-0.2, -0.15) is 0 Å². The summed E-state index contributed by atoms with van der Waals surface area (Å²) in [5.41, 5.74) is 6.26. The van der Waals surface area contributed by atoms with Crippen molar-refractivity contribution < 1.29 is 4.74 Å². The molecule has 0 radical (unpaired) electrons. The fourth-order valence-electron chi connectivity index (χ4n) is 2.38. The van der Waals surface area contributed by atoms with Crippen LogP contribution in [-0.2, 0) is 0 Å². The third-order valence-electron chi connectivity index (χ3n) is 3.74. The Morgan fingerprint density at radius 2 is 1.48 bits per heavy atom. The summed E-state index contributed by atoms with van der Waals surface area (Å²) in [5.74, 6) is 0.810. The topological polar surface area (TPSA) is 35.2 Å². The minimum absolute atomic E-state index is 0.565. The van der Waals surface area contributed by atoms with E-state index in [-0.39, 0.29) is 0 Å². The minimum Gasteiger partial charge on any atom is -0.494 e. The molecule has 0 saturated heterocycles. The van der Waals surface area contributed by atoms with Gasteiger partial charge in [-0.25, -0.2) is 0 Å². The Balaban J connectivity index is 1.91. The molecule has 0 aliphatic heterocycles. The third-order valence-corrected chi connectivity index (χ3v) is 4.07. The molecule has 2 nitrogen and oxygen atoms in total. The average molecular weight is 312 g/mol. The molecular formula is C18H30ClNO. The van der Waals surface area contributed by atoms with Crippen molar-refractivity contribution in [3.05, 3.63) is 23.2 Å². The van der Waals surface area contributed by atoms with Crippen molar-refractivity contribution in [2.24, 2.45) is 0 Å². The third kappa shape index (κ3) is 8.87. The Labute approximate surface area is 135 Å². The molecule has 0 fully saturated rings. The first-order chi connectivity index (χ1) is 10.2. The molecule has 0 unspecified atom stereocenters. The van der Waals surface area contributed by atoms with Gasteiger partial charge in [0.1, 0.15) is 5.75 Å². The number of rotatable bonds is 12. The largest absolute Gasteiger partial charge is 0.494 e. The van der Waals surface area contributed by atoms with E-state index >= 15 is 0 Å². The van der Waals surface area contributed by atoms with Crippen LogP contribution in [0.15, 0.2) is 18.2 Å². The number of hydrogen-bond donors (Lipinski definition) is 1. The standard InChI is InChI=1S/C18H30ClNO/c1-2-3-4-5-6-7-8-9-10-11-14-21-16-12-13-18(20)17(19)15-16/h12-13,15H,2-11,14,20H2,1H3. The van der Waals surface area contributed by atoms with E-state index in [4.69, 9.17) is 22.1 Å². The van der Waals surface area contributed by atoms with E-state index in [0.717, 1.165) is 18.8 Å². The number of anilines is 1. The van der Waals surface area contributed by atoms with Crippen LogP contribution in [0.3, 0.4) is 0 Å². The number of halogens is 1. The Morgan fingerprint density at radius 1 is 0.905 bits per heavy atom. The summed E-state index contributed by atoms with van der Waals surface area (Å²) in [6, 6.07) is 5.45. The summed E-state index contributed by atoms with van der Waals surface area (Å²) >= 11 is 5.95. The lowest BCUT2D eigenvalue weighted by Gasteiger charge is -2.07. The number of benzene rings is 1. The van der Waals surface area contributed by atoms with Gasteiger partial charge < -0.3 is 10.5 Å². The Hall–Kier alpha value is -0.890. The molecule has 0 aliphatic carbocycles. The molecule has 1 rings (SSSR count). The normalized spacial score (nSPS) is 10.8. The van der Waals surface area contributed by atoms with Gasteiger partial charge in [0.25, 0.3) is 0 Å². The smallest absolute Gasteiger partial charge is 0.120 e. The van der Waals surface area contributed by atoms with E-state index < -0.39 is 0 Å². The number of ether oxygens (including phenoxy) is 1. The van der Waals surface area contributed by atoms with Crippen LogP contribution < -0.4 is 10.5 Å². The number of unbranched alkanes of at least 4 members (excludes halogenated alkanes) is 9. The van der Waals surface area contributed by atoms with Crippen LogP contribution in [0.4, 0.5) is 5.69 Å². The van der Waals surface area contributed by atoms with Crippen LogP contribution in [0, 0.1) is 0 Å². The van der Waals surface area contributed by atoms with Crippen LogP contribution in [-0.4, -0.2) is 6.61 Å². The molecule has 0 aromatic heterocycles. The van der Waals surface area contributed by atoms with Crippen molar-refractivity contribution in [2.75, 3.05) is 12.3 Å². The van der Waals surface area contributed by atoms with Crippen LogP contribution >= 0.6 is 11.6 Å². The predicted molar refractivity (Wildman–Crippen MR) is 93.2 cm³/mol.